The van der Waals surface area contributed by atoms with Gasteiger partial charge in [-0.25, -0.2) is 9.37 Å². The van der Waals surface area contributed by atoms with E-state index in [1.165, 1.54) is 6.07 Å². The third kappa shape index (κ3) is 4.01. The molecular formula is C28H29FN6O3. The van der Waals surface area contributed by atoms with E-state index in [0.29, 0.717) is 42.5 Å². The van der Waals surface area contributed by atoms with Crippen LogP contribution < -0.4 is 25.9 Å². The van der Waals surface area contributed by atoms with Crippen LogP contribution in [0.2, 0.25) is 0 Å². The number of nitrogens with one attached hydrogen (secondary N) is 2. The molecule has 2 N–H and O–H groups in total. The van der Waals surface area contributed by atoms with Crippen molar-refractivity contribution >= 4 is 39.2 Å². The third-order valence-corrected chi connectivity index (χ3v) is 7.43. The van der Waals surface area contributed by atoms with Gasteiger partial charge in [-0.15, -0.1) is 0 Å². The second kappa shape index (κ2) is 9.29. The number of hydrogen-bond donors (Lipinski definition) is 2. The average molecular weight is 517 g/mol. The quantitative estimate of drug-likeness (QED) is 0.402. The molecule has 1 fully saturated rings. The Morgan fingerprint density at radius 1 is 1.13 bits per heavy atom. The first-order valence-electron chi connectivity index (χ1n) is 12.7. The molecule has 1 atom stereocenters. The van der Waals surface area contributed by atoms with E-state index >= 15 is 4.39 Å². The molecule has 2 aliphatic rings. The van der Waals surface area contributed by atoms with Crippen molar-refractivity contribution in [2.75, 3.05) is 50.2 Å². The van der Waals surface area contributed by atoms with Crippen LogP contribution >= 0.6 is 0 Å². The minimum atomic E-state index is -0.628. The number of ether oxygens (including phenoxy) is 1. The van der Waals surface area contributed by atoms with Crippen molar-refractivity contribution in [3.05, 3.63) is 69.8 Å². The Balaban J connectivity index is 1.37. The number of piperazine rings is 1. The van der Waals surface area contributed by atoms with Gasteiger partial charge in [0, 0.05) is 37.8 Å². The lowest BCUT2D eigenvalue weighted by Gasteiger charge is -2.37. The summed E-state index contributed by atoms with van der Waals surface area (Å²) >= 11 is 0. The molecule has 2 aromatic heterocycles. The number of aryl methyl sites for hydroxylation is 1. The third-order valence-electron chi connectivity index (χ3n) is 7.43. The fourth-order valence-electron chi connectivity index (χ4n) is 5.30. The first-order chi connectivity index (χ1) is 18.3. The van der Waals surface area contributed by atoms with E-state index in [0.717, 1.165) is 29.6 Å². The van der Waals surface area contributed by atoms with E-state index in [2.05, 4.69) is 20.7 Å². The van der Waals surface area contributed by atoms with E-state index in [9.17, 15) is 9.59 Å². The summed E-state index contributed by atoms with van der Waals surface area (Å²) < 4.78 is 23.4. The largest absolute Gasteiger partial charge is 0.487 e. The Morgan fingerprint density at radius 2 is 1.89 bits per heavy atom. The number of amides is 1. The highest BCUT2D eigenvalue weighted by atomic mass is 19.1. The second-order valence-electron chi connectivity index (χ2n) is 10.1. The summed E-state index contributed by atoms with van der Waals surface area (Å²) in [6.45, 7) is 7.12. The molecule has 0 radical (unpaired) electrons. The molecule has 0 aliphatic carbocycles. The first kappa shape index (κ1) is 24.2. The molecule has 196 valence electrons. The Labute approximate surface area is 218 Å². The van der Waals surface area contributed by atoms with E-state index < -0.39 is 17.2 Å². The number of aromatic nitrogens is 2. The molecule has 38 heavy (non-hydrogen) atoms. The molecule has 0 unspecified atom stereocenters. The molecule has 0 spiro atoms. The highest BCUT2D eigenvalue weighted by Crippen LogP contribution is 2.42. The van der Waals surface area contributed by atoms with Gasteiger partial charge >= 0.3 is 0 Å². The number of pyridine rings is 2. The molecule has 9 nitrogen and oxygen atoms in total. The number of benzene rings is 2. The van der Waals surface area contributed by atoms with Gasteiger partial charge in [0.25, 0.3) is 5.91 Å². The summed E-state index contributed by atoms with van der Waals surface area (Å²) in [6.07, 6.45) is 1.54. The van der Waals surface area contributed by atoms with Gasteiger partial charge in [0.15, 0.2) is 11.6 Å². The molecule has 2 aliphatic heterocycles. The second-order valence-corrected chi connectivity index (χ2v) is 10.1. The number of carbonyl (C=O) groups excluding carboxylic acids is 1. The van der Waals surface area contributed by atoms with Crippen LogP contribution in [-0.4, -0.2) is 60.2 Å². The molecule has 1 saturated heterocycles. The molecule has 4 aromatic rings. The van der Waals surface area contributed by atoms with Crippen LogP contribution in [0.1, 0.15) is 28.9 Å². The van der Waals surface area contributed by atoms with Gasteiger partial charge in [-0.05, 0) is 44.7 Å². The number of nitrogens with zero attached hydrogens (tertiary/aromatic N) is 4. The normalized spacial score (nSPS) is 17.5. The van der Waals surface area contributed by atoms with Gasteiger partial charge < -0.3 is 19.1 Å². The maximum atomic E-state index is 15.5. The van der Waals surface area contributed by atoms with E-state index in [1.807, 2.05) is 60.7 Å². The number of fused-ring (bicyclic) bond motifs is 1. The zero-order valence-corrected chi connectivity index (χ0v) is 21.5. The summed E-state index contributed by atoms with van der Waals surface area (Å²) in [5, 5.41) is 1.13. The summed E-state index contributed by atoms with van der Waals surface area (Å²) in [5.41, 5.74) is 7.44. The SMILES string of the molecule is Cc1cc(NNC(=O)c2cn3c4c(c(N5CCN(C)CC5)c(F)cc4c2=O)OC[C@@H]3C)nc2ccccc12. The van der Waals surface area contributed by atoms with Gasteiger partial charge in [-0.1, -0.05) is 18.2 Å². The molecule has 1 amide bonds. The topological polar surface area (TPSA) is 91.7 Å². The number of para-hydroxylation sites is 1. The first-order valence-corrected chi connectivity index (χ1v) is 12.7. The van der Waals surface area contributed by atoms with Crippen LogP contribution in [0.4, 0.5) is 15.9 Å². The Hall–Kier alpha value is -4.18. The van der Waals surface area contributed by atoms with Gasteiger partial charge in [-0.3, -0.25) is 20.4 Å². The van der Waals surface area contributed by atoms with Crippen LogP contribution in [0.15, 0.2) is 47.4 Å². The smallest absolute Gasteiger partial charge is 0.275 e. The van der Waals surface area contributed by atoms with Crippen molar-refractivity contribution in [3.8, 4) is 5.75 Å². The van der Waals surface area contributed by atoms with E-state index in [1.54, 1.807) is 6.20 Å². The predicted molar refractivity (Wildman–Crippen MR) is 146 cm³/mol. The minimum absolute atomic E-state index is 0.0889. The van der Waals surface area contributed by atoms with Crippen molar-refractivity contribution in [3.63, 3.8) is 0 Å². The number of carbonyl (C=O) groups is 1. The number of halogens is 1. The maximum absolute atomic E-state index is 15.5. The fourth-order valence-corrected chi connectivity index (χ4v) is 5.30. The predicted octanol–water partition coefficient (Wildman–Crippen LogP) is 3.46. The molecule has 2 aromatic carbocycles. The van der Waals surface area contributed by atoms with Gasteiger partial charge in [0.1, 0.15) is 23.7 Å². The highest BCUT2D eigenvalue weighted by Gasteiger charge is 2.31. The fraction of sp³-hybridized carbons (Fsp3) is 0.321. The summed E-state index contributed by atoms with van der Waals surface area (Å²) in [5.74, 6) is -0.344. The molecule has 10 heteroatoms. The van der Waals surface area contributed by atoms with E-state index in [-0.39, 0.29) is 17.0 Å². The van der Waals surface area contributed by atoms with Crippen LogP contribution in [0.3, 0.4) is 0 Å². The minimum Gasteiger partial charge on any atom is -0.487 e. The summed E-state index contributed by atoms with van der Waals surface area (Å²) in [4.78, 5) is 35.4. The zero-order valence-electron chi connectivity index (χ0n) is 21.5. The van der Waals surface area contributed by atoms with Crippen molar-refractivity contribution in [1.29, 1.82) is 0 Å². The van der Waals surface area contributed by atoms with Gasteiger partial charge in [0.05, 0.1) is 22.5 Å². The van der Waals surface area contributed by atoms with Crippen LogP contribution in [0, 0.1) is 12.7 Å². The van der Waals surface area contributed by atoms with Crippen molar-refractivity contribution in [2.45, 2.75) is 19.9 Å². The van der Waals surface area contributed by atoms with Gasteiger partial charge in [-0.2, -0.15) is 0 Å². The number of hydrazine groups is 1. The molecular weight excluding hydrogens is 487 g/mol. The Bertz CT molecular complexity index is 1640. The lowest BCUT2D eigenvalue weighted by Crippen LogP contribution is -2.45. The highest BCUT2D eigenvalue weighted by molar-refractivity contribution is 6.00. The number of rotatable bonds is 4. The maximum Gasteiger partial charge on any atom is 0.275 e. The van der Waals surface area contributed by atoms with Crippen molar-refractivity contribution < 1.29 is 13.9 Å². The number of anilines is 2. The van der Waals surface area contributed by atoms with Gasteiger partial charge in [0.2, 0.25) is 5.43 Å². The number of hydrogen-bond acceptors (Lipinski definition) is 7. The Morgan fingerprint density at radius 3 is 2.68 bits per heavy atom. The van der Waals surface area contributed by atoms with Crippen molar-refractivity contribution in [1.82, 2.24) is 19.9 Å². The monoisotopic (exact) mass is 516 g/mol. The standard InChI is InChI=1S/C28H29FN6O3/c1-16-12-23(30-22-7-5-4-6-18(16)22)31-32-28(37)20-14-35-17(2)15-38-27-24(35)19(26(20)36)13-21(29)25(27)34-10-8-33(3)9-11-34/h4-7,12-14,17H,8-11,15H2,1-3H3,(H,30,31)(H,32,37)/t17-/m0/s1. The van der Waals surface area contributed by atoms with E-state index in [4.69, 9.17) is 4.74 Å². The molecule has 4 heterocycles. The van der Waals surface area contributed by atoms with Crippen LogP contribution in [-0.2, 0) is 0 Å². The summed E-state index contributed by atoms with van der Waals surface area (Å²) in [6, 6.07) is 10.6. The Kier molecular flexibility index (Phi) is 5.91. The average Bonchev–Trinajstić information content (AvgIpc) is 2.91. The van der Waals surface area contributed by atoms with Crippen LogP contribution in [0.25, 0.3) is 21.8 Å². The molecule has 0 bridgehead atoms. The zero-order chi connectivity index (χ0) is 26.6. The lowest BCUT2D eigenvalue weighted by atomic mass is 10.0. The van der Waals surface area contributed by atoms with Crippen molar-refractivity contribution in [2.24, 2.45) is 0 Å². The summed E-state index contributed by atoms with van der Waals surface area (Å²) in [7, 11) is 2.03. The lowest BCUT2D eigenvalue weighted by molar-refractivity contribution is 0.0960. The number of likely N-dealkylation sites (N-methyl/N-ethyl adjacent to an activating group) is 1. The van der Waals surface area contributed by atoms with Crippen LogP contribution in [0.5, 0.6) is 5.75 Å². The molecule has 6 rings (SSSR count). The molecule has 0 saturated carbocycles.